The highest BCUT2D eigenvalue weighted by Gasteiger charge is 2.28. The molecule has 0 bridgehead atoms. The standard InChI is InChI=1S/C10H17N3O3/c1-7(3-2-4-11)10(16)13-5-8(14)12-9(15)6-13/h7H,2-6,11H2,1H3,(H,12,14,15). The molecule has 0 spiro atoms. The Morgan fingerprint density at radius 3 is 2.50 bits per heavy atom. The van der Waals surface area contributed by atoms with E-state index in [-0.39, 0.29) is 24.9 Å². The molecule has 90 valence electrons. The molecular weight excluding hydrogens is 210 g/mol. The summed E-state index contributed by atoms with van der Waals surface area (Å²) >= 11 is 0. The van der Waals surface area contributed by atoms with Crippen LogP contribution in [0, 0.1) is 5.92 Å². The third kappa shape index (κ3) is 3.30. The Morgan fingerprint density at radius 2 is 2.00 bits per heavy atom. The summed E-state index contributed by atoms with van der Waals surface area (Å²) in [6.07, 6.45) is 1.45. The van der Waals surface area contributed by atoms with Gasteiger partial charge in [-0.1, -0.05) is 6.92 Å². The highest BCUT2D eigenvalue weighted by molar-refractivity contribution is 6.02. The maximum Gasteiger partial charge on any atom is 0.246 e. The fourth-order valence-electron chi connectivity index (χ4n) is 1.65. The van der Waals surface area contributed by atoms with Crippen molar-refractivity contribution < 1.29 is 14.4 Å². The molecule has 1 atom stereocenters. The molecule has 1 heterocycles. The zero-order valence-electron chi connectivity index (χ0n) is 9.36. The maximum absolute atomic E-state index is 11.8. The van der Waals surface area contributed by atoms with Gasteiger partial charge in [-0.05, 0) is 19.4 Å². The van der Waals surface area contributed by atoms with Crippen LogP contribution in [0.2, 0.25) is 0 Å². The normalized spacial score (nSPS) is 18.2. The van der Waals surface area contributed by atoms with Crippen molar-refractivity contribution in [2.75, 3.05) is 19.6 Å². The molecular formula is C10H17N3O3. The molecule has 0 saturated carbocycles. The number of nitrogens with two attached hydrogens (primary N) is 1. The molecule has 3 N–H and O–H groups in total. The van der Waals surface area contributed by atoms with Crippen LogP contribution >= 0.6 is 0 Å². The summed E-state index contributed by atoms with van der Waals surface area (Å²) in [6.45, 7) is 2.26. The Balaban J connectivity index is 2.52. The summed E-state index contributed by atoms with van der Waals surface area (Å²) in [5.74, 6) is -1.19. The molecule has 0 aromatic carbocycles. The Hall–Kier alpha value is -1.43. The van der Waals surface area contributed by atoms with E-state index >= 15 is 0 Å². The Morgan fingerprint density at radius 1 is 1.44 bits per heavy atom. The van der Waals surface area contributed by atoms with Gasteiger partial charge in [0.25, 0.3) is 0 Å². The Bertz CT molecular complexity index is 288. The first-order chi connectivity index (χ1) is 7.54. The predicted molar refractivity (Wildman–Crippen MR) is 57.2 cm³/mol. The monoisotopic (exact) mass is 227 g/mol. The number of hydrogen-bond donors (Lipinski definition) is 2. The van der Waals surface area contributed by atoms with Crippen LogP contribution in [0.15, 0.2) is 0 Å². The van der Waals surface area contributed by atoms with E-state index in [0.29, 0.717) is 13.0 Å². The van der Waals surface area contributed by atoms with E-state index in [1.807, 2.05) is 0 Å². The van der Waals surface area contributed by atoms with Gasteiger partial charge in [-0.2, -0.15) is 0 Å². The van der Waals surface area contributed by atoms with Crippen LogP contribution in [0.25, 0.3) is 0 Å². The van der Waals surface area contributed by atoms with Gasteiger partial charge in [-0.15, -0.1) is 0 Å². The molecule has 1 aliphatic heterocycles. The molecule has 0 radical (unpaired) electrons. The first kappa shape index (κ1) is 12.6. The lowest BCUT2D eigenvalue weighted by Gasteiger charge is -2.27. The van der Waals surface area contributed by atoms with Gasteiger partial charge in [0.1, 0.15) is 13.1 Å². The average molecular weight is 227 g/mol. The minimum absolute atomic E-state index is 0.0302. The lowest BCUT2D eigenvalue weighted by atomic mass is 10.0. The number of hydrogen-bond acceptors (Lipinski definition) is 4. The van der Waals surface area contributed by atoms with Crippen molar-refractivity contribution in [1.29, 1.82) is 0 Å². The molecule has 1 unspecified atom stereocenters. The highest BCUT2D eigenvalue weighted by atomic mass is 16.2. The van der Waals surface area contributed by atoms with Crippen molar-refractivity contribution >= 4 is 17.7 Å². The summed E-state index contributed by atoms with van der Waals surface area (Å²) < 4.78 is 0. The largest absolute Gasteiger partial charge is 0.330 e. The second kappa shape index (κ2) is 5.60. The highest BCUT2D eigenvalue weighted by Crippen LogP contribution is 2.10. The molecule has 3 amide bonds. The van der Waals surface area contributed by atoms with E-state index in [4.69, 9.17) is 5.73 Å². The molecule has 0 aromatic rings. The Kier molecular flexibility index (Phi) is 4.42. The molecule has 1 fully saturated rings. The SMILES string of the molecule is CC(CCCN)C(=O)N1CC(=O)NC(=O)C1. The second-order valence-electron chi connectivity index (χ2n) is 4.00. The van der Waals surface area contributed by atoms with Gasteiger partial charge in [-0.25, -0.2) is 0 Å². The van der Waals surface area contributed by atoms with Gasteiger partial charge >= 0.3 is 0 Å². The molecule has 16 heavy (non-hydrogen) atoms. The third-order valence-corrected chi connectivity index (χ3v) is 2.52. The number of imide groups is 1. The van der Waals surface area contributed by atoms with Crippen molar-refractivity contribution in [1.82, 2.24) is 10.2 Å². The van der Waals surface area contributed by atoms with Crippen molar-refractivity contribution in [3.8, 4) is 0 Å². The number of nitrogens with one attached hydrogen (secondary N) is 1. The summed E-state index contributed by atoms with van der Waals surface area (Å²) in [5, 5.41) is 2.15. The fourth-order valence-corrected chi connectivity index (χ4v) is 1.65. The zero-order valence-corrected chi connectivity index (χ0v) is 9.36. The number of rotatable bonds is 4. The quantitative estimate of drug-likeness (QED) is 0.593. The number of carbonyl (C=O) groups is 3. The maximum atomic E-state index is 11.8. The van der Waals surface area contributed by atoms with Crippen LogP contribution in [0.3, 0.4) is 0 Å². The summed E-state index contributed by atoms with van der Waals surface area (Å²) in [6, 6.07) is 0. The van der Waals surface area contributed by atoms with Gasteiger partial charge < -0.3 is 10.6 Å². The van der Waals surface area contributed by atoms with Crippen LogP contribution in [-0.4, -0.2) is 42.3 Å². The molecule has 1 rings (SSSR count). The smallest absolute Gasteiger partial charge is 0.246 e. The van der Waals surface area contributed by atoms with Crippen LogP contribution in [-0.2, 0) is 14.4 Å². The number of nitrogens with zero attached hydrogens (tertiary/aromatic N) is 1. The fraction of sp³-hybridized carbons (Fsp3) is 0.700. The molecule has 6 nitrogen and oxygen atoms in total. The van der Waals surface area contributed by atoms with Gasteiger partial charge in [-0.3, -0.25) is 19.7 Å². The molecule has 1 aliphatic rings. The van der Waals surface area contributed by atoms with Crippen LogP contribution in [0.4, 0.5) is 0 Å². The minimum atomic E-state index is -0.421. The van der Waals surface area contributed by atoms with Crippen LogP contribution in [0.1, 0.15) is 19.8 Å². The van der Waals surface area contributed by atoms with Gasteiger partial charge in [0.15, 0.2) is 0 Å². The van der Waals surface area contributed by atoms with Crippen molar-refractivity contribution in [2.24, 2.45) is 11.7 Å². The minimum Gasteiger partial charge on any atom is -0.330 e. The van der Waals surface area contributed by atoms with Crippen LogP contribution < -0.4 is 11.1 Å². The number of carbonyl (C=O) groups excluding carboxylic acids is 3. The van der Waals surface area contributed by atoms with Gasteiger partial charge in [0.05, 0.1) is 0 Å². The lowest BCUT2D eigenvalue weighted by molar-refractivity contribution is -0.147. The van der Waals surface area contributed by atoms with Gasteiger partial charge in [0.2, 0.25) is 17.7 Å². The molecule has 6 heteroatoms. The van der Waals surface area contributed by atoms with E-state index < -0.39 is 11.8 Å². The van der Waals surface area contributed by atoms with E-state index in [1.165, 1.54) is 4.90 Å². The number of piperazine rings is 1. The van der Waals surface area contributed by atoms with E-state index in [0.717, 1.165) is 6.42 Å². The van der Waals surface area contributed by atoms with E-state index in [2.05, 4.69) is 5.32 Å². The first-order valence-electron chi connectivity index (χ1n) is 5.36. The topological polar surface area (TPSA) is 92.5 Å². The lowest BCUT2D eigenvalue weighted by Crippen LogP contribution is -2.54. The summed E-state index contributed by atoms with van der Waals surface area (Å²) in [4.78, 5) is 35.3. The zero-order chi connectivity index (χ0) is 12.1. The Labute approximate surface area is 94.2 Å². The summed E-state index contributed by atoms with van der Waals surface area (Å²) in [7, 11) is 0. The first-order valence-corrected chi connectivity index (χ1v) is 5.36. The molecule has 0 aromatic heterocycles. The van der Waals surface area contributed by atoms with Gasteiger partial charge in [0, 0.05) is 5.92 Å². The predicted octanol–water partition coefficient (Wildman–Crippen LogP) is -1.15. The van der Waals surface area contributed by atoms with Crippen molar-refractivity contribution in [3.63, 3.8) is 0 Å². The summed E-state index contributed by atoms with van der Waals surface area (Å²) in [5.41, 5.74) is 5.36. The van der Waals surface area contributed by atoms with Crippen molar-refractivity contribution in [2.45, 2.75) is 19.8 Å². The number of amides is 3. The second-order valence-corrected chi connectivity index (χ2v) is 4.00. The van der Waals surface area contributed by atoms with E-state index in [1.54, 1.807) is 6.92 Å². The third-order valence-electron chi connectivity index (χ3n) is 2.52. The van der Waals surface area contributed by atoms with Crippen LogP contribution in [0.5, 0.6) is 0 Å². The molecule has 1 saturated heterocycles. The molecule has 0 aliphatic carbocycles. The average Bonchev–Trinajstić information content (AvgIpc) is 2.23. The van der Waals surface area contributed by atoms with Crippen molar-refractivity contribution in [3.05, 3.63) is 0 Å². The van der Waals surface area contributed by atoms with E-state index in [9.17, 15) is 14.4 Å².